The van der Waals surface area contributed by atoms with E-state index in [1.807, 2.05) is 25.1 Å². The molecule has 1 atom stereocenters. The number of hydrogen-bond donors (Lipinski definition) is 2. The minimum absolute atomic E-state index is 0.0516. The molecule has 5 nitrogen and oxygen atoms in total. The average molecular weight is 307 g/mol. The number of nitrogens with zero attached hydrogens (tertiary/aromatic N) is 1. The summed E-state index contributed by atoms with van der Waals surface area (Å²) < 4.78 is 10.9. The molecule has 124 valence electrons. The zero-order valence-corrected chi connectivity index (χ0v) is 14.3. The number of rotatable bonds is 7. The molecule has 0 aliphatic carbocycles. The maximum Gasteiger partial charge on any atom is 0.188 e. The first-order chi connectivity index (χ1) is 10.3. The largest absolute Gasteiger partial charge is 0.491 e. The maximum absolute atomic E-state index is 5.85. The minimum Gasteiger partial charge on any atom is -0.491 e. The molecule has 1 aromatic carbocycles. The van der Waals surface area contributed by atoms with E-state index in [0.717, 1.165) is 5.75 Å². The first-order valence-electron chi connectivity index (χ1n) is 7.62. The van der Waals surface area contributed by atoms with Crippen LogP contribution in [-0.2, 0) is 10.2 Å². The van der Waals surface area contributed by atoms with E-state index in [-0.39, 0.29) is 11.5 Å². The van der Waals surface area contributed by atoms with Crippen LogP contribution in [0.5, 0.6) is 5.75 Å². The third-order valence-corrected chi connectivity index (χ3v) is 3.14. The van der Waals surface area contributed by atoms with Gasteiger partial charge in [0.05, 0.1) is 13.2 Å². The highest BCUT2D eigenvalue weighted by molar-refractivity contribution is 5.78. The molecule has 3 N–H and O–H groups in total. The SMILES string of the molecule is COCC(C)NC(N)=NCCOc1ccccc1C(C)(C)C. The summed E-state index contributed by atoms with van der Waals surface area (Å²) in [6.45, 7) is 10.1. The normalized spacial score (nSPS) is 13.8. The van der Waals surface area contributed by atoms with Crippen LogP contribution in [0.1, 0.15) is 33.3 Å². The van der Waals surface area contributed by atoms with Crippen molar-refractivity contribution >= 4 is 5.96 Å². The van der Waals surface area contributed by atoms with Crippen molar-refractivity contribution in [1.82, 2.24) is 5.32 Å². The summed E-state index contributed by atoms with van der Waals surface area (Å²) in [5, 5.41) is 3.06. The van der Waals surface area contributed by atoms with Crippen LogP contribution in [0.15, 0.2) is 29.3 Å². The van der Waals surface area contributed by atoms with Gasteiger partial charge in [-0.1, -0.05) is 39.0 Å². The number of nitrogens with two attached hydrogens (primary N) is 1. The summed E-state index contributed by atoms with van der Waals surface area (Å²) in [5.41, 5.74) is 7.06. The van der Waals surface area contributed by atoms with Gasteiger partial charge in [-0.25, -0.2) is 4.99 Å². The van der Waals surface area contributed by atoms with Crippen LogP contribution in [0.2, 0.25) is 0 Å². The predicted molar refractivity (Wildman–Crippen MR) is 91.6 cm³/mol. The fraction of sp³-hybridized carbons (Fsp3) is 0.588. The summed E-state index contributed by atoms with van der Waals surface area (Å²) >= 11 is 0. The number of ether oxygens (including phenoxy) is 2. The molecule has 5 heteroatoms. The molecule has 1 unspecified atom stereocenters. The van der Waals surface area contributed by atoms with Crippen molar-refractivity contribution in [2.75, 3.05) is 26.9 Å². The molecule has 0 fully saturated rings. The van der Waals surface area contributed by atoms with E-state index in [1.165, 1.54) is 5.56 Å². The minimum atomic E-state index is 0.0516. The summed E-state index contributed by atoms with van der Waals surface area (Å²) in [6, 6.07) is 8.24. The fourth-order valence-corrected chi connectivity index (χ4v) is 2.12. The lowest BCUT2D eigenvalue weighted by Gasteiger charge is -2.22. The van der Waals surface area contributed by atoms with Crippen LogP contribution in [0, 0.1) is 0 Å². The molecular formula is C17H29N3O2. The summed E-state index contributed by atoms with van der Waals surface area (Å²) in [6.07, 6.45) is 0. The third kappa shape index (κ3) is 6.35. The Hall–Kier alpha value is -1.75. The topological polar surface area (TPSA) is 68.9 Å². The van der Waals surface area contributed by atoms with Crippen LogP contribution < -0.4 is 15.8 Å². The Bertz CT molecular complexity index is 481. The molecule has 0 spiro atoms. The Labute approximate surface area is 133 Å². The first-order valence-corrected chi connectivity index (χ1v) is 7.62. The predicted octanol–water partition coefficient (Wildman–Crippen LogP) is 2.30. The van der Waals surface area contributed by atoms with E-state index in [0.29, 0.717) is 25.7 Å². The lowest BCUT2D eigenvalue weighted by Crippen LogP contribution is -2.40. The van der Waals surface area contributed by atoms with E-state index < -0.39 is 0 Å². The molecule has 0 amide bonds. The number of methoxy groups -OCH3 is 1. The molecule has 0 radical (unpaired) electrons. The quantitative estimate of drug-likeness (QED) is 0.461. The molecule has 0 saturated heterocycles. The maximum atomic E-state index is 5.85. The van der Waals surface area contributed by atoms with Crippen LogP contribution in [0.4, 0.5) is 0 Å². The highest BCUT2D eigenvalue weighted by Crippen LogP contribution is 2.30. The second-order valence-corrected chi connectivity index (χ2v) is 6.36. The number of para-hydroxylation sites is 1. The Kier molecular flexibility index (Phi) is 7.18. The molecule has 0 aliphatic rings. The van der Waals surface area contributed by atoms with Gasteiger partial charge in [0.1, 0.15) is 12.4 Å². The van der Waals surface area contributed by atoms with Gasteiger partial charge in [0, 0.05) is 13.2 Å². The third-order valence-electron chi connectivity index (χ3n) is 3.14. The second-order valence-electron chi connectivity index (χ2n) is 6.36. The number of aliphatic imine (C=N–C) groups is 1. The van der Waals surface area contributed by atoms with Crippen molar-refractivity contribution in [3.05, 3.63) is 29.8 Å². The highest BCUT2D eigenvalue weighted by Gasteiger charge is 2.18. The Morgan fingerprint density at radius 3 is 2.64 bits per heavy atom. The van der Waals surface area contributed by atoms with E-state index in [9.17, 15) is 0 Å². The van der Waals surface area contributed by atoms with Crippen molar-refractivity contribution < 1.29 is 9.47 Å². The Balaban J connectivity index is 2.48. The Morgan fingerprint density at radius 2 is 2.00 bits per heavy atom. The van der Waals surface area contributed by atoms with Gasteiger partial charge in [0.25, 0.3) is 0 Å². The van der Waals surface area contributed by atoms with Gasteiger partial charge in [-0.05, 0) is 24.0 Å². The zero-order chi connectivity index (χ0) is 16.6. The molecule has 0 aromatic heterocycles. The molecule has 0 aliphatic heterocycles. The summed E-state index contributed by atoms with van der Waals surface area (Å²) in [4.78, 5) is 4.26. The van der Waals surface area contributed by atoms with Crippen molar-refractivity contribution in [2.24, 2.45) is 10.7 Å². The molecule has 22 heavy (non-hydrogen) atoms. The number of benzene rings is 1. The number of nitrogens with one attached hydrogen (secondary N) is 1. The smallest absolute Gasteiger partial charge is 0.188 e. The molecule has 1 aromatic rings. The Morgan fingerprint density at radius 1 is 1.32 bits per heavy atom. The van der Waals surface area contributed by atoms with Crippen LogP contribution in [-0.4, -0.2) is 38.9 Å². The van der Waals surface area contributed by atoms with E-state index in [4.69, 9.17) is 15.2 Å². The summed E-state index contributed by atoms with van der Waals surface area (Å²) in [7, 11) is 1.66. The van der Waals surface area contributed by atoms with Crippen molar-refractivity contribution in [1.29, 1.82) is 0 Å². The second kappa shape index (κ2) is 8.63. The van der Waals surface area contributed by atoms with Crippen LogP contribution in [0.3, 0.4) is 0 Å². The van der Waals surface area contributed by atoms with Crippen LogP contribution >= 0.6 is 0 Å². The fourth-order valence-electron chi connectivity index (χ4n) is 2.12. The average Bonchev–Trinajstić information content (AvgIpc) is 2.43. The van der Waals surface area contributed by atoms with Gasteiger partial charge in [0.2, 0.25) is 0 Å². The van der Waals surface area contributed by atoms with Gasteiger partial charge in [-0.2, -0.15) is 0 Å². The lowest BCUT2D eigenvalue weighted by molar-refractivity contribution is 0.179. The standard InChI is InChI=1S/C17H29N3O2/c1-13(12-21-5)20-16(18)19-10-11-22-15-9-7-6-8-14(15)17(2,3)4/h6-9,13H,10-12H2,1-5H3,(H3,18,19,20). The zero-order valence-electron chi connectivity index (χ0n) is 14.3. The molecule has 0 saturated carbocycles. The van der Waals surface area contributed by atoms with Crippen molar-refractivity contribution in [2.45, 2.75) is 39.2 Å². The van der Waals surface area contributed by atoms with E-state index in [1.54, 1.807) is 7.11 Å². The molecule has 0 heterocycles. The number of guanidine groups is 1. The lowest BCUT2D eigenvalue weighted by atomic mass is 9.86. The number of hydrogen-bond acceptors (Lipinski definition) is 3. The highest BCUT2D eigenvalue weighted by atomic mass is 16.5. The molecular weight excluding hydrogens is 278 g/mol. The van der Waals surface area contributed by atoms with Gasteiger partial charge in [-0.15, -0.1) is 0 Å². The van der Waals surface area contributed by atoms with E-state index in [2.05, 4.69) is 37.1 Å². The van der Waals surface area contributed by atoms with Gasteiger partial charge in [0.15, 0.2) is 5.96 Å². The van der Waals surface area contributed by atoms with Crippen LogP contribution in [0.25, 0.3) is 0 Å². The van der Waals surface area contributed by atoms with Gasteiger partial charge >= 0.3 is 0 Å². The van der Waals surface area contributed by atoms with E-state index >= 15 is 0 Å². The van der Waals surface area contributed by atoms with Gasteiger partial charge in [-0.3, -0.25) is 0 Å². The molecule has 1 rings (SSSR count). The van der Waals surface area contributed by atoms with Crippen molar-refractivity contribution in [3.8, 4) is 5.75 Å². The van der Waals surface area contributed by atoms with Crippen molar-refractivity contribution in [3.63, 3.8) is 0 Å². The van der Waals surface area contributed by atoms with Gasteiger partial charge < -0.3 is 20.5 Å². The summed E-state index contributed by atoms with van der Waals surface area (Å²) in [5.74, 6) is 1.32. The monoisotopic (exact) mass is 307 g/mol. The first kappa shape index (κ1) is 18.3. The molecule has 0 bridgehead atoms.